The maximum atomic E-state index is 5.64. The minimum Gasteiger partial charge on any atom is -0.326 e. The van der Waals surface area contributed by atoms with Gasteiger partial charge in [-0.15, -0.1) is 11.3 Å². The van der Waals surface area contributed by atoms with Crippen LogP contribution in [0.15, 0.2) is 12.1 Å². The molecule has 0 aliphatic carbocycles. The van der Waals surface area contributed by atoms with E-state index < -0.39 is 0 Å². The molecular formula is C13H22N2S. The Bertz CT molecular complexity index is 301. The molecule has 0 unspecified atom stereocenters. The van der Waals surface area contributed by atoms with Crippen LogP contribution >= 0.6 is 11.3 Å². The van der Waals surface area contributed by atoms with Gasteiger partial charge >= 0.3 is 0 Å². The Balaban J connectivity index is 1.86. The van der Waals surface area contributed by atoms with Crippen molar-refractivity contribution in [3.8, 4) is 0 Å². The van der Waals surface area contributed by atoms with Gasteiger partial charge in [-0.1, -0.05) is 19.3 Å². The highest BCUT2D eigenvalue weighted by molar-refractivity contribution is 7.11. The molecule has 1 aromatic rings. The lowest BCUT2D eigenvalue weighted by Crippen LogP contribution is -2.26. The van der Waals surface area contributed by atoms with Crippen LogP contribution in [0.5, 0.6) is 0 Å². The first kappa shape index (κ1) is 12.1. The topological polar surface area (TPSA) is 29.3 Å². The SMILES string of the molecule is NCc1ccc(CN2CCCCCCC2)s1. The van der Waals surface area contributed by atoms with E-state index in [1.165, 1.54) is 54.9 Å². The molecular weight excluding hydrogens is 216 g/mol. The third-order valence-corrected chi connectivity index (χ3v) is 4.34. The van der Waals surface area contributed by atoms with E-state index in [-0.39, 0.29) is 0 Å². The van der Waals surface area contributed by atoms with Crippen molar-refractivity contribution in [3.05, 3.63) is 21.9 Å². The van der Waals surface area contributed by atoms with Crippen LogP contribution in [0.25, 0.3) is 0 Å². The lowest BCUT2D eigenvalue weighted by molar-refractivity contribution is 0.241. The molecule has 1 saturated heterocycles. The van der Waals surface area contributed by atoms with E-state index in [9.17, 15) is 0 Å². The van der Waals surface area contributed by atoms with E-state index in [4.69, 9.17) is 5.73 Å². The largest absolute Gasteiger partial charge is 0.326 e. The highest BCUT2D eigenvalue weighted by Crippen LogP contribution is 2.19. The first-order valence-electron chi connectivity index (χ1n) is 6.38. The minimum atomic E-state index is 0.685. The molecule has 2 N–H and O–H groups in total. The van der Waals surface area contributed by atoms with E-state index >= 15 is 0 Å². The summed E-state index contributed by atoms with van der Waals surface area (Å²) in [5.41, 5.74) is 5.64. The zero-order valence-electron chi connectivity index (χ0n) is 9.95. The van der Waals surface area contributed by atoms with Gasteiger partial charge in [0, 0.05) is 22.8 Å². The molecule has 0 amide bonds. The van der Waals surface area contributed by atoms with Crippen molar-refractivity contribution in [1.82, 2.24) is 4.90 Å². The van der Waals surface area contributed by atoms with Gasteiger partial charge in [-0.25, -0.2) is 0 Å². The summed E-state index contributed by atoms with van der Waals surface area (Å²) in [5.74, 6) is 0. The Hall–Kier alpha value is -0.380. The molecule has 2 heterocycles. The molecule has 3 heteroatoms. The minimum absolute atomic E-state index is 0.685. The van der Waals surface area contributed by atoms with Gasteiger partial charge in [0.2, 0.25) is 0 Å². The average Bonchev–Trinajstić information content (AvgIpc) is 2.69. The maximum absolute atomic E-state index is 5.64. The quantitative estimate of drug-likeness (QED) is 0.877. The molecule has 1 aliphatic rings. The van der Waals surface area contributed by atoms with Crippen LogP contribution in [0.1, 0.15) is 41.9 Å². The first-order valence-corrected chi connectivity index (χ1v) is 7.20. The smallest absolute Gasteiger partial charge is 0.0328 e. The third kappa shape index (κ3) is 3.58. The number of hydrogen-bond acceptors (Lipinski definition) is 3. The van der Waals surface area contributed by atoms with Gasteiger partial charge in [0.25, 0.3) is 0 Å². The summed E-state index contributed by atoms with van der Waals surface area (Å²) in [7, 11) is 0. The molecule has 16 heavy (non-hydrogen) atoms. The molecule has 90 valence electrons. The van der Waals surface area contributed by atoms with Gasteiger partial charge in [0.15, 0.2) is 0 Å². The number of likely N-dealkylation sites (tertiary alicyclic amines) is 1. The van der Waals surface area contributed by atoms with Crippen molar-refractivity contribution in [2.24, 2.45) is 5.73 Å². The summed E-state index contributed by atoms with van der Waals surface area (Å²) in [4.78, 5) is 5.38. The molecule has 0 saturated carbocycles. The molecule has 0 atom stereocenters. The highest BCUT2D eigenvalue weighted by atomic mass is 32.1. The Labute approximate surface area is 102 Å². The van der Waals surface area contributed by atoms with Crippen molar-refractivity contribution in [2.45, 2.75) is 45.2 Å². The van der Waals surface area contributed by atoms with E-state index in [1.54, 1.807) is 0 Å². The van der Waals surface area contributed by atoms with Gasteiger partial charge in [-0.2, -0.15) is 0 Å². The zero-order valence-corrected chi connectivity index (χ0v) is 10.8. The summed E-state index contributed by atoms with van der Waals surface area (Å²) in [6.45, 7) is 4.36. The van der Waals surface area contributed by atoms with Gasteiger partial charge in [-0.3, -0.25) is 4.90 Å². The fraction of sp³-hybridized carbons (Fsp3) is 0.692. The summed E-state index contributed by atoms with van der Waals surface area (Å²) in [6.07, 6.45) is 7.00. The second-order valence-corrected chi connectivity index (χ2v) is 5.87. The number of rotatable bonds is 3. The maximum Gasteiger partial charge on any atom is 0.0328 e. The number of thiophene rings is 1. The Morgan fingerprint density at radius 3 is 2.25 bits per heavy atom. The summed E-state index contributed by atoms with van der Waals surface area (Å²) in [6, 6.07) is 4.41. The van der Waals surface area contributed by atoms with E-state index in [0.717, 1.165) is 6.54 Å². The lowest BCUT2D eigenvalue weighted by atomic mass is 10.1. The zero-order chi connectivity index (χ0) is 11.2. The molecule has 2 rings (SSSR count). The van der Waals surface area contributed by atoms with Crippen LogP contribution < -0.4 is 5.73 Å². The Morgan fingerprint density at radius 2 is 1.62 bits per heavy atom. The third-order valence-electron chi connectivity index (χ3n) is 3.25. The average molecular weight is 238 g/mol. The van der Waals surface area contributed by atoms with Crippen molar-refractivity contribution in [3.63, 3.8) is 0 Å². The van der Waals surface area contributed by atoms with E-state index in [1.807, 2.05) is 11.3 Å². The van der Waals surface area contributed by atoms with Crippen molar-refractivity contribution >= 4 is 11.3 Å². The van der Waals surface area contributed by atoms with Crippen LogP contribution in [0.3, 0.4) is 0 Å². The fourth-order valence-electron chi connectivity index (χ4n) is 2.31. The second kappa shape index (κ2) is 6.38. The van der Waals surface area contributed by atoms with Crippen LogP contribution in [0.4, 0.5) is 0 Å². The molecule has 0 spiro atoms. The molecule has 0 bridgehead atoms. The first-order chi connectivity index (χ1) is 7.88. The normalized spacial score (nSPS) is 19.3. The number of nitrogens with zero attached hydrogens (tertiary/aromatic N) is 1. The molecule has 1 aromatic heterocycles. The molecule has 1 aliphatic heterocycles. The molecule has 0 radical (unpaired) electrons. The molecule has 2 nitrogen and oxygen atoms in total. The second-order valence-electron chi connectivity index (χ2n) is 4.62. The van der Waals surface area contributed by atoms with Crippen LogP contribution in [0, 0.1) is 0 Å². The summed E-state index contributed by atoms with van der Waals surface area (Å²) in [5, 5.41) is 0. The monoisotopic (exact) mass is 238 g/mol. The molecule has 0 aromatic carbocycles. The van der Waals surface area contributed by atoms with Crippen molar-refractivity contribution in [1.29, 1.82) is 0 Å². The van der Waals surface area contributed by atoms with Crippen LogP contribution in [-0.2, 0) is 13.1 Å². The standard InChI is InChI=1S/C13H22N2S/c14-10-12-6-7-13(16-12)11-15-8-4-2-1-3-5-9-15/h6-7H,1-5,8-11,14H2. The lowest BCUT2D eigenvalue weighted by Gasteiger charge is -2.23. The van der Waals surface area contributed by atoms with E-state index in [2.05, 4.69) is 17.0 Å². The Morgan fingerprint density at radius 1 is 1.00 bits per heavy atom. The van der Waals surface area contributed by atoms with Crippen molar-refractivity contribution in [2.75, 3.05) is 13.1 Å². The van der Waals surface area contributed by atoms with Gasteiger partial charge in [0.1, 0.15) is 0 Å². The van der Waals surface area contributed by atoms with Gasteiger partial charge in [0.05, 0.1) is 0 Å². The summed E-state index contributed by atoms with van der Waals surface area (Å²) >= 11 is 1.87. The number of nitrogens with two attached hydrogens (primary N) is 1. The predicted octanol–water partition coefficient (Wildman–Crippen LogP) is 2.97. The van der Waals surface area contributed by atoms with Crippen molar-refractivity contribution < 1.29 is 0 Å². The van der Waals surface area contributed by atoms with E-state index in [0.29, 0.717) is 6.54 Å². The van der Waals surface area contributed by atoms with Crippen LogP contribution in [0.2, 0.25) is 0 Å². The van der Waals surface area contributed by atoms with Gasteiger partial charge < -0.3 is 5.73 Å². The fourth-order valence-corrected chi connectivity index (χ4v) is 3.25. The van der Waals surface area contributed by atoms with Gasteiger partial charge in [-0.05, 0) is 38.1 Å². The predicted molar refractivity (Wildman–Crippen MR) is 70.6 cm³/mol. The number of hydrogen-bond donors (Lipinski definition) is 1. The van der Waals surface area contributed by atoms with Crippen LogP contribution in [-0.4, -0.2) is 18.0 Å². The highest BCUT2D eigenvalue weighted by Gasteiger charge is 2.09. The Kier molecular flexibility index (Phi) is 4.82. The molecule has 1 fully saturated rings. The summed E-state index contributed by atoms with van der Waals surface area (Å²) < 4.78 is 0.